The number of aryl methyl sites for hydroxylation is 1. The minimum atomic E-state index is -4.72. The molecular weight excluding hydrogens is 1950 g/mol. The van der Waals surface area contributed by atoms with Gasteiger partial charge in [0.25, 0.3) is 20.2 Å². The van der Waals surface area contributed by atoms with E-state index in [1.54, 1.807) is 39.8 Å². The minimum Gasteiger partial charge on any atom is -0.481 e. The number of hydrogen-bond donors (Lipinski definition) is 4. The van der Waals surface area contributed by atoms with Gasteiger partial charge in [-0.15, -0.1) is 50.0 Å². The van der Waals surface area contributed by atoms with Crippen molar-refractivity contribution in [2.45, 2.75) is 298 Å². The first-order valence-corrected chi connectivity index (χ1v) is 55.6. The van der Waals surface area contributed by atoms with Crippen LogP contribution in [0.25, 0.3) is 0 Å². The van der Waals surface area contributed by atoms with Crippen LogP contribution in [0.4, 0.5) is 22.7 Å². The molecule has 0 saturated heterocycles. The predicted octanol–water partition coefficient (Wildman–Crippen LogP) is 15.7. The summed E-state index contributed by atoms with van der Waals surface area (Å²) in [6.45, 7) is 36.4. The monoisotopic (exact) mass is 2090 g/mol. The third-order valence-electron chi connectivity index (χ3n) is 23.9. The Morgan fingerprint density at radius 3 is 1.36 bits per heavy atom. The van der Waals surface area contributed by atoms with E-state index >= 15 is 0 Å². The molecule has 0 fully saturated rings. The molecular formula is C99H147K2N4O25P2S5+3. The van der Waals surface area contributed by atoms with E-state index in [1.807, 2.05) is 52.0 Å². The second-order valence-electron chi connectivity index (χ2n) is 33.2. The Morgan fingerprint density at radius 2 is 0.920 bits per heavy atom. The van der Waals surface area contributed by atoms with Crippen molar-refractivity contribution in [1.29, 1.82) is 0 Å². The normalized spacial score (nSPS) is 17.9. The van der Waals surface area contributed by atoms with E-state index in [-0.39, 0.29) is 171 Å². The summed E-state index contributed by atoms with van der Waals surface area (Å²) in [7, 11) is -25.4. The second-order valence-corrected chi connectivity index (χ2v) is 41.8. The van der Waals surface area contributed by atoms with Crippen LogP contribution in [0.3, 0.4) is 0 Å². The Kier molecular flexibility index (Phi) is 64.1. The van der Waals surface area contributed by atoms with Gasteiger partial charge in [-0.2, -0.15) is 57.8 Å². The molecule has 0 bridgehead atoms. The van der Waals surface area contributed by atoms with Crippen molar-refractivity contribution in [3.63, 3.8) is 0 Å². The number of fused-ring (bicyclic) bond motifs is 4. The average molecular weight is 2090 g/mol. The van der Waals surface area contributed by atoms with E-state index in [1.165, 1.54) is 107 Å². The summed E-state index contributed by atoms with van der Waals surface area (Å²) in [5, 5.41) is 16.7. The fourth-order valence-electron chi connectivity index (χ4n) is 17.3. The molecule has 137 heavy (non-hydrogen) atoms. The summed E-state index contributed by atoms with van der Waals surface area (Å²) in [6, 6.07) is 40.1. The predicted molar refractivity (Wildman–Crippen MR) is 533 cm³/mol. The van der Waals surface area contributed by atoms with E-state index < -0.39 is 94.9 Å². The topological polar surface area (TPSA) is 420 Å². The standard InChI is InChI=1S/C44H63N2O11PS2.C31H39NO2.C21H34NO3P.C2H6.CH4.2K.3O3S/c1-8-12-29-45-37-25-23-33(5)31-35(37)43(6,27-18-14-17-22-42(47)48)39(45)20-15-13-16-21-40-44(7,28-30-58(49,56-10-3)57-11-4)36-32-34(59(50,51)52)24-26-38(36)46(40)41(19-9-2)60(53,54)55;1-3-4-16-25-32-28-21-14-13-20-27(28)31(2,24-15-7-12-23-30(33)34)29(32)22-11-6-10-19-26-17-8-5-9-18-26;1-6-9-12-16-22-18(4)21(5,19-13-10-11-14-20(19)22)15-17-26(23,24-7-2)25-8-3;1-2;;;;3*1-4(2)3/h13,15-16,20-21,23-26,31-32,41H,8-12,14,17-19,22,27-30H2,1-7H3,(H2-,47,48,50,51,52,53,54,55);5-6,8-11,14,17-18,20-22H,3-4,7,12,15-16,19,23-25H2,1-2H3,(H,33,34);11,13-14H,6-9,12,15-17H2,1-5H3;1-2H3;1H4;;;;;/q;;;;;2*+1;;;/p+1. The Morgan fingerprint density at radius 1 is 0.489 bits per heavy atom. The van der Waals surface area contributed by atoms with Gasteiger partial charge in [-0.3, -0.25) is 27.8 Å². The van der Waals surface area contributed by atoms with Crippen LogP contribution in [0.2, 0.25) is 0 Å². The quantitative estimate of drug-likeness (QED) is 0.00534. The molecule has 752 valence electrons. The van der Waals surface area contributed by atoms with E-state index in [0.717, 1.165) is 107 Å². The molecule has 5 atom stereocenters. The summed E-state index contributed by atoms with van der Waals surface area (Å²) in [6.07, 6.45) is 37.1. The third-order valence-corrected chi connectivity index (χ3v) is 30.0. The van der Waals surface area contributed by atoms with Gasteiger partial charge in [0, 0.05) is 90.4 Å². The summed E-state index contributed by atoms with van der Waals surface area (Å²) in [5.74, 6) is -1.50. The Hall–Kier alpha value is -5.20. The average Bonchev–Trinajstić information content (AvgIpc) is 1.56. The molecule has 29 nitrogen and oxygen atoms in total. The van der Waals surface area contributed by atoms with Crippen LogP contribution in [0.15, 0.2) is 168 Å². The van der Waals surface area contributed by atoms with E-state index in [4.69, 9.17) is 61.1 Å². The summed E-state index contributed by atoms with van der Waals surface area (Å²) in [5.41, 5.74) is 13.1. The van der Waals surface area contributed by atoms with E-state index in [9.17, 15) is 49.8 Å². The molecule has 0 amide bonds. The van der Waals surface area contributed by atoms with Crippen molar-refractivity contribution in [3.05, 3.63) is 209 Å². The fourth-order valence-corrected chi connectivity index (χ4v) is 22.5. The first-order chi connectivity index (χ1) is 63.4. The zero-order valence-electron chi connectivity index (χ0n) is 82.8. The zero-order valence-corrected chi connectivity index (χ0v) is 94.9. The van der Waals surface area contributed by atoms with Crippen molar-refractivity contribution >= 4 is 119 Å². The molecule has 9 rings (SSSR count). The van der Waals surface area contributed by atoms with Crippen molar-refractivity contribution in [3.8, 4) is 0 Å². The molecule has 4 heterocycles. The van der Waals surface area contributed by atoms with Gasteiger partial charge >= 0.3 is 162 Å². The largest absolute Gasteiger partial charge is 1.00 e. The molecule has 0 saturated carbocycles. The molecule has 0 aromatic heterocycles. The zero-order chi connectivity index (χ0) is 101. The van der Waals surface area contributed by atoms with Gasteiger partial charge < -0.3 is 33.2 Å². The molecule has 4 N–H and O–H groups in total. The van der Waals surface area contributed by atoms with Gasteiger partial charge in [0.1, 0.15) is 31.0 Å². The molecule has 5 aromatic rings. The maximum atomic E-state index is 13.8. The molecule has 0 spiro atoms. The smallest absolute Gasteiger partial charge is 0.481 e. The Bertz CT molecular complexity index is 5560. The molecule has 4 aliphatic heterocycles. The van der Waals surface area contributed by atoms with Crippen LogP contribution in [-0.4, -0.2) is 181 Å². The molecule has 0 aliphatic carbocycles. The fraction of sp³-hybridized carbons (Fsp3) is 0.545. The summed E-state index contributed by atoms with van der Waals surface area (Å²) in [4.78, 5) is 23.2. The number of anilines is 1. The first kappa shape index (κ1) is 132. The number of carboxylic acids is 2. The molecule has 4 aliphatic rings. The minimum absolute atomic E-state index is 0. The number of unbranched alkanes of at least 4 members (excludes halogenated alkanes) is 9. The van der Waals surface area contributed by atoms with Crippen LogP contribution in [0.1, 0.15) is 286 Å². The van der Waals surface area contributed by atoms with Gasteiger partial charge in [-0.25, -0.2) is 9.15 Å². The van der Waals surface area contributed by atoms with Crippen LogP contribution in [0, 0.1) is 19.1 Å². The Labute approximate surface area is 906 Å². The number of carbonyl (C=O) groups is 2. The third kappa shape index (κ3) is 41.8. The van der Waals surface area contributed by atoms with Gasteiger partial charge in [0.15, 0.2) is 22.5 Å². The molecule has 5 unspecified atom stereocenters. The number of allylic oxidation sites excluding steroid dienone is 10. The molecule has 5 aromatic carbocycles. The number of aliphatic carboxylic acids is 2. The van der Waals surface area contributed by atoms with Crippen LogP contribution < -0.4 is 108 Å². The summed E-state index contributed by atoms with van der Waals surface area (Å²) >= 11 is 0. The van der Waals surface area contributed by atoms with Crippen molar-refractivity contribution in [2.75, 3.05) is 63.3 Å². The SMILES string of the molecule is C.CC.CCCCC[N+]1=C(C)C(C)(CCP(=O)(OCC)OCC)c2c[c-]ccc21.CCCCC[N+]1=C(C=CC=CCc2ccccc2)C(C)(CCCCCC(=O)O)c2c[c-]ccc21.CCCC[N+]1=C(C=CC=CC=C2N(C(CCC)S(=O)(=O)O)c3ccc(S(=O)(=O)O)cc3C2(C)CCP(=O)(OCC)OCC)C(C)(CCCCCC(=O)O)c2cc(C)ccc21.O=S(=O)=O.O=S(=O)=O.O=S(=O)=O.[K+].[K+]. The van der Waals surface area contributed by atoms with Crippen molar-refractivity contribution in [2.24, 2.45) is 0 Å². The maximum absolute atomic E-state index is 13.8. The van der Waals surface area contributed by atoms with Crippen LogP contribution >= 0.6 is 15.2 Å². The van der Waals surface area contributed by atoms with Gasteiger partial charge in [0.05, 0.1) is 49.1 Å². The van der Waals surface area contributed by atoms with Gasteiger partial charge in [-0.1, -0.05) is 204 Å². The molecule has 0 radical (unpaired) electrons. The van der Waals surface area contributed by atoms with Gasteiger partial charge in [0.2, 0.25) is 5.69 Å². The van der Waals surface area contributed by atoms with Crippen molar-refractivity contribution < 1.29 is 227 Å². The maximum Gasteiger partial charge on any atom is 1.00 e. The number of carboxylic acid groups (broad SMARTS) is 2. The van der Waals surface area contributed by atoms with Crippen molar-refractivity contribution in [1.82, 2.24) is 0 Å². The van der Waals surface area contributed by atoms with Crippen LogP contribution in [0.5, 0.6) is 0 Å². The number of benzene rings is 5. The Balaban J connectivity index is 0.00000202. The number of hydrogen-bond acceptors (Lipinski definition) is 22. The van der Waals surface area contributed by atoms with E-state index in [0.29, 0.717) is 49.2 Å². The first-order valence-electron chi connectivity index (χ1n) is 46.2. The van der Waals surface area contributed by atoms with Gasteiger partial charge in [-0.05, 0) is 154 Å². The van der Waals surface area contributed by atoms with Crippen LogP contribution in [-0.2, 0) is 117 Å². The number of nitrogens with zero attached hydrogens (tertiary/aromatic N) is 4. The second kappa shape index (κ2) is 66.7. The number of rotatable bonds is 49. The van der Waals surface area contributed by atoms with E-state index in [2.05, 4.69) is 184 Å². The summed E-state index contributed by atoms with van der Waals surface area (Å²) < 4.78 is 204. The molecule has 38 heteroatoms.